The molecule has 0 aromatic heterocycles. The number of hydrogen-bond donors (Lipinski definition) is 3. The van der Waals surface area contributed by atoms with Crippen molar-refractivity contribution in [1.29, 1.82) is 5.41 Å². The number of rotatable bonds is 1. The van der Waals surface area contributed by atoms with Gasteiger partial charge in [0.1, 0.15) is 11.7 Å². The van der Waals surface area contributed by atoms with Crippen LogP contribution in [0.1, 0.15) is 11.6 Å². The molecule has 1 atom stereocenters. The fourth-order valence-corrected chi connectivity index (χ4v) is 1.64. The number of halogens is 1. The van der Waals surface area contributed by atoms with Crippen LogP contribution in [0.25, 0.3) is 0 Å². The minimum Gasteiger partial charge on any atom is -0.302 e. The summed E-state index contributed by atoms with van der Waals surface area (Å²) in [5.41, 5.74) is 0.858. The van der Waals surface area contributed by atoms with Crippen LogP contribution in [0.4, 0.5) is 4.39 Å². The topological polar surface area (TPSA) is 65.1 Å². The quantitative estimate of drug-likeness (QED) is 0.593. The van der Waals surface area contributed by atoms with E-state index in [4.69, 9.17) is 11.3 Å². The highest BCUT2D eigenvalue weighted by atomic mass is 19.1. The second kappa shape index (κ2) is 3.96. The first-order valence-corrected chi connectivity index (χ1v) is 4.78. The number of hydrogen-bond acceptors (Lipinski definition) is 3. The molecular formula is C10H13FN4. The van der Waals surface area contributed by atoms with Crippen LogP contribution >= 0.6 is 0 Å². The average molecular weight is 208 g/mol. The highest BCUT2D eigenvalue weighted by Gasteiger charge is 2.24. The predicted octanol–water partition coefficient (Wildman–Crippen LogP) is 0.623. The van der Waals surface area contributed by atoms with Crippen molar-refractivity contribution in [2.45, 2.75) is 6.04 Å². The van der Waals surface area contributed by atoms with E-state index in [-0.39, 0.29) is 11.9 Å². The number of amidine groups is 1. The Morgan fingerprint density at radius 3 is 2.73 bits per heavy atom. The molecule has 1 unspecified atom stereocenters. The SMILES string of the molecule is N=C1C(c2ccc(F)cc2)NCCN1N. The highest BCUT2D eigenvalue weighted by Crippen LogP contribution is 2.17. The van der Waals surface area contributed by atoms with Crippen molar-refractivity contribution in [1.82, 2.24) is 10.3 Å². The number of nitrogens with two attached hydrogens (primary N) is 1. The summed E-state index contributed by atoms with van der Waals surface area (Å²) in [4.78, 5) is 0. The van der Waals surface area contributed by atoms with Gasteiger partial charge in [0.15, 0.2) is 0 Å². The smallest absolute Gasteiger partial charge is 0.132 e. The van der Waals surface area contributed by atoms with E-state index >= 15 is 0 Å². The molecule has 0 amide bonds. The zero-order chi connectivity index (χ0) is 10.8. The fourth-order valence-electron chi connectivity index (χ4n) is 1.64. The molecule has 1 saturated heterocycles. The third-order valence-electron chi connectivity index (χ3n) is 2.49. The maximum atomic E-state index is 12.7. The molecule has 15 heavy (non-hydrogen) atoms. The summed E-state index contributed by atoms with van der Waals surface area (Å²) in [6.07, 6.45) is 0. The van der Waals surface area contributed by atoms with Crippen LogP contribution in [-0.2, 0) is 0 Å². The highest BCUT2D eigenvalue weighted by molar-refractivity contribution is 5.86. The maximum absolute atomic E-state index is 12.7. The van der Waals surface area contributed by atoms with Gasteiger partial charge in [-0.15, -0.1) is 0 Å². The minimum atomic E-state index is -0.273. The Balaban J connectivity index is 2.22. The van der Waals surface area contributed by atoms with Crippen LogP contribution in [0.3, 0.4) is 0 Å². The van der Waals surface area contributed by atoms with Gasteiger partial charge in [-0.05, 0) is 17.7 Å². The second-order valence-corrected chi connectivity index (χ2v) is 3.52. The van der Waals surface area contributed by atoms with E-state index in [9.17, 15) is 4.39 Å². The first-order valence-electron chi connectivity index (χ1n) is 4.78. The van der Waals surface area contributed by atoms with E-state index in [2.05, 4.69) is 5.32 Å². The Morgan fingerprint density at radius 1 is 1.40 bits per heavy atom. The van der Waals surface area contributed by atoms with E-state index in [0.29, 0.717) is 12.4 Å². The zero-order valence-electron chi connectivity index (χ0n) is 8.20. The number of nitrogens with zero attached hydrogens (tertiary/aromatic N) is 1. The largest absolute Gasteiger partial charge is 0.302 e. The van der Waals surface area contributed by atoms with Crippen LogP contribution in [-0.4, -0.2) is 23.9 Å². The summed E-state index contributed by atoms with van der Waals surface area (Å²) in [6, 6.07) is 5.88. The monoisotopic (exact) mass is 208 g/mol. The van der Waals surface area contributed by atoms with Crippen LogP contribution in [0.5, 0.6) is 0 Å². The van der Waals surface area contributed by atoms with Crippen LogP contribution in [0, 0.1) is 11.2 Å². The maximum Gasteiger partial charge on any atom is 0.132 e. The molecule has 0 aliphatic carbocycles. The normalized spacial score (nSPS) is 21.9. The Bertz CT molecular complexity index is 362. The third kappa shape index (κ3) is 1.98. The lowest BCUT2D eigenvalue weighted by Gasteiger charge is -2.32. The van der Waals surface area contributed by atoms with Gasteiger partial charge in [-0.3, -0.25) is 10.4 Å². The first-order chi connectivity index (χ1) is 7.18. The summed E-state index contributed by atoms with van der Waals surface area (Å²) < 4.78 is 12.7. The summed E-state index contributed by atoms with van der Waals surface area (Å²) in [6.45, 7) is 1.34. The van der Waals surface area contributed by atoms with Crippen molar-refractivity contribution < 1.29 is 4.39 Å². The van der Waals surface area contributed by atoms with Gasteiger partial charge >= 0.3 is 0 Å². The first kappa shape index (κ1) is 10.1. The van der Waals surface area contributed by atoms with E-state index in [1.807, 2.05) is 0 Å². The number of hydrazine groups is 1. The van der Waals surface area contributed by atoms with Gasteiger partial charge in [0.2, 0.25) is 0 Å². The number of piperazine rings is 1. The summed E-state index contributed by atoms with van der Waals surface area (Å²) in [7, 11) is 0. The van der Waals surface area contributed by atoms with Gasteiger partial charge in [-0.25, -0.2) is 10.2 Å². The molecule has 1 fully saturated rings. The van der Waals surface area contributed by atoms with Crippen molar-refractivity contribution in [3.63, 3.8) is 0 Å². The Hall–Kier alpha value is -1.46. The molecule has 1 aliphatic rings. The standard InChI is InChI=1S/C10H13FN4/c11-8-3-1-7(2-4-8)9-10(12)15(13)6-5-14-9/h1-4,9,12,14H,5-6,13H2. The zero-order valence-corrected chi connectivity index (χ0v) is 8.20. The Morgan fingerprint density at radius 2 is 2.07 bits per heavy atom. The van der Waals surface area contributed by atoms with Crippen molar-refractivity contribution >= 4 is 5.84 Å². The molecule has 1 aromatic carbocycles. The lowest BCUT2D eigenvalue weighted by Crippen LogP contribution is -2.52. The average Bonchev–Trinajstić information content (AvgIpc) is 2.24. The van der Waals surface area contributed by atoms with Crippen molar-refractivity contribution in [3.8, 4) is 0 Å². The Labute approximate surface area is 87.4 Å². The second-order valence-electron chi connectivity index (χ2n) is 3.52. The molecule has 1 heterocycles. The van der Waals surface area contributed by atoms with Gasteiger partial charge in [0.25, 0.3) is 0 Å². The molecule has 0 spiro atoms. The van der Waals surface area contributed by atoms with E-state index in [0.717, 1.165) is 12.1 Å². The molecule has 4 nitrogen and oxygen atoms in total. The van der Waals surface area contributed by atoms with Gasteiger partial charge in [-0.1, -0.05) is 12.1 Å². The number of nitrogens with one attached hydrogen (secondary N) is 2. The molecule has 1 aliphatic heterocycles. The fraction of sp³-hybridized carbons (Fsp3) is 0.300. The summed E-state index contributed by atoms with van der Waals surface area (Å²) in [5.74, 6) is 5.67. The van der Waals surface area contributed by atoms with E-state index in [1.165, 1.54) is 17.1 Å². The van der Waals surface area contributed by atoms with Gasteiger partial charge in [0, 0.05) is 13.1 Å². The summed E-state index contributed by atoms with van der Waals surface area (Å²) in [5, 5.41) is 12.4. The van der Waals surface area contributed by atoms with Gasteiger partial charge in [0.05, 0.1) is 6.04 Å². The lowest BCUT2D eigenvalue weighted by atomic mass is 10.0. The van der Waals surface area contributed by atoms with Crippen molar-refractivity contribution in [2.24, 2.45) is 5.84 Å². The molecule has 2 rings (SSSR count). The lowest BCUT2D eigenvalue weighted by molar-refractivity contribution is 0.359. The minimum absolute atomic E-state index is 0.232. The van der Waals surface area contributed by atoms with Crippen LogP contribution in [0.15, 0.2) is 24.3 Å². The number of benzene rings is 1. The predicted molar refractivity (Wildman–Crippen MR) is 55.8 cm³/mol. The Kier molecular flexibility index (Phi) is 2.66. The van der Waals surface area contributed by atoms with Gasteiger partial charge in [-0.2, -0.15) is 0 Å². The molecule has 1 aromatic rings. The molecule has 80 valence electrons. The van der Waals surface area contributed by atoms with Gasteiger partial charge < -0.3 is 5.32 Å². The molecule has 0 radical (unpaired) electrons. The van der Waals surface area contributed by atoms with E-state index < -0.39 is 0 Å². The van der Waals surface area contributed by atoms with E-state index in [1.54, 1.807) is 12.1 Å². The molecule has 0 saturated carbocycles. The van der Waals surface area contributed by atoms with Crippen molar-refractivity contribution in [3.05, 3.63) is 35.6 Å². The molecule has 4 N–H and O–H groups in total. The van der Waals surface area contributed by atoms with Crippen LogP contribution < -0.4 is 11.2 Å². The molecule has 5 heteroatoms. The third-order valence-corrected chi connectivity index (χ3v) is 2.49. The van der Waals surface area contributed by atoms with Crippen LogP contribution in [0.2, 0.25) is 0 Å². The molecule has 0 bridgehead atoms. The summed E-state index contributed by atoms with van der Waals surface area (Å²) >= 11 is 0. The van der Waals surface area contributed by atoms with Crippen molar-refractivity contribution in [2.75, 3.05) is 13.1 Å². The molecular weight excluding hydrogens is 195 g/mol.